The predicted octanol–water partition coefficient (Wildman–Crippen LogP) is 2.94. The smallest absolute Gasteiger partial charge is 0.137 e. The summed E-state index contributed by atoms with van der Waals surface area (Å²) < 4.78 is 10.2. The maximum Gasteiger partial charge on any atom is 0.137 e. The first-order chi connectivity index (χ1) is 8.69. The van der Waals surface area contributed by atoms with Crippen LogP contribution < -0.4 is 0 Å². The molecule has 0 atom stereocenters. The van der Waals surface area contributed by atoms with Crippen molar-refractivity contribution >= 4 is 23.2 Å². The van der Waals surface area contributed by atoms with Crippen LogP contribution in [0.25, 0.3) is 0 Å². The lowest BCUT2D eigenvalue weighted by Gasteiger charge is -2.07. The first-order valence-electron chi connectivity index (χ1n) is 5.96. The Kier molecular flexibility index (Phi) is 7.51. The maximum absolute atomic E-state index is 6.08. The molecular formula is C12H18Cl2N2O2. The Morgan fingerprint density at radius 1 is 1.00 bits per heavy atom. The number of ether oxygens (including phenoxy) is 2. The first kappa shape index (κ1) is 15.6. The van der Waals surface area contributed by atoms with Crippen molar-refractivity contribution in [3.63, 3.8) is 0 Å². The number of rotatable bonds is 8. The summed E-state index contributed by atoms with van der Waals surface area (Å²) in [5.41, 5.74) is 0.824. The minimum absolute atomic E-state index is 0.448. The molecule has 0 spiro atoms. The van der Waals surface area contributed by atoms with Gasteiger partial charge in [-0.3, -0.25) is 0 Å². The molecule has 4 nitrogen and oxygen atoms in total. The molecule has 0 aliphatic rings. The zero-order valence-corrected chi connectivity index (χ0v) is 12.2. The minimum atomic E-state index is 0.448. The maximum atomic E-state index is 6.08. The summed E-state index contributed by atoms with van der Waals surface area (Å²) in [6, 6.07) is 0. The van der Waals surface area contributed by atoms with E-state index in [-0.39, 0.29) is 0 Å². The number of halogens is 2. The van der Waals surface area contributed by atoms with Crippen molar-refractivity contribution in [3.8, 4) is 0 Å². The largest absolute Gasteiger partial charge is 0.382 e. The van der Waals surface area contributed by atoms with E-state index in [0.29, 0.717) is 42.4 Å². The van der Waals surface area contributed by atoms with Gasteiger partial charge in [0.2, 0.25) is 0 Å². The normalized spacial score (nSPS) is 10.9. The average Bonchev–Trinajstić information content (AvgIpc) is 2.33. The molecule has 1 aromatic rings. The Balaban J connectivity index is 2.52. The zero-order chi connectivity index (χ0) is 13.4. The summed E-state index contributed by atoms with van der Waals surface area (Å²) in [6.45, 7) is 3.73. The van der Waals surface area contributed by atoms with Crippen LogP contribution >= 0.6 is 23.2 Å². The van der Waals surface area contributed by atoms with E-state index in [1.54, 1.807) is 7.11 Å². The molecule has 0 aromatic carbocycles. The SMILES string of the molecule is CCCc1c(Cl)nc(CCOCCOC)nc1Cl. The van der Waals surface area contributed by atoms with E-state index in [1.807, 2.05) is 0 Å². The molecule has 0 bridgehead atoms. The van der Waals surface area contributed by atoms with E-state index in [2.05, 4.69) is 16.9 Å². The Bertz CT molecular complexity index is 352. The van der Waals surface area contributed by atoms with Crippen LogP contribution in [0, 0.1) is 0 Å². The fourth-order valence-corrected chi connectivity index (χ4v) is 2.06. The lowest BCUT2D eigenvalue weighted by molar-refractivity contribution is 0.0716. The summed E-state index contributed by atoms with van der Waals surface area (Å²) in [5, 5.41) is 0.896. The van der Waals surface area contributed by atoms with E-state index < -0.39 is 0 Å². The Morgan fingerprint density at radius 3 is 2.22 bits per heavy atom. The van der Waals surface area contributed by atoms with E-state index in [0.717, 1.165) is 18.4 Å². The Labute approximate surface area is 118 Å². The van der Waals surface area contributed by atoms with Crippen molar-refractivity contribution in [2.24, 2.45) is 0 Å². The second-order valence-electron chi connectivity index (χ2n) is 3.81. The minimum Gasteiger partial charge on any atom is -0.382 e. The van der Waals surface area contributed by atoms with Crippen LogP contribution in [0.4, 0.5) is 0 Å². The van der Waals surface area contributed by atoms with Crippen LogP contribution in [-0.4, -0.2) is 36.9 Å². The molecule has 0 N–H and O–H groups in total. The van der Waals surface area contributed by atoms with Crippen molar-refractivity contribution < 1.29 is 9.47 Å². The molecule has 1 heterocycles. The van der Waals surface area contributed by atoms with Gasteiger partial charge in [0.05, 0.1) is 19.8 Å². The molecule has 6 heteroatoms. The van der Waals surface area contributed by atoms with Gasteiger partial charge in [-0.1, -0.05) is 36.5 Å². The topological polar surface area (TPSA) is 44.2 Å². The lowest BCUT2D eigenvalue weighted by Crippen LogP contribution is -2.08. The van der Waals surface area contributed by atoms with Gasteiger partial charge in [0.1, 0.15) is 16.1 Å². The van der Waals surface area contributed by atoms with Gasteiger partial charge in [-0.25, -0.2) is 9.97 Å². The van der Waals surface area contributed by atoms with Crippen LogP contribution in [-0.2, 0) is 22.3 Å². The fraction of sp³-hybridized carbons (Fsp3) is 0.667. The molecule has 0 saturated carbocycles. The van der Waals surface area contributed by atoms with E-state index in [4.69, 9.17) is 32.7 Å². The fourth-order valence-electron chi connectivity index (χ4n) is 1.45. The van der Waals surface area contributed by atoms with Gasteiger partial charge in [-0.15, -0.1) is 0 Å². The van der Waals surface area contributed by atoms with Crippen LogP contribution in [0.3, 0.4) is 0 Å². The van der Waals surface area contributed by atoms with Gasteiger partial charge in [0, 0.05) is 19.1 Å². The first-order valence-corrected chi connectivity index (χ1v) is 6.72. The van der Waals surface area contributed by atoms with Gasteiger partial charge in [-0.2, -0.15) is 0 Å². The molecule has 18 heavy (non-hydrogen) atoms. The number of nitrogens with zero attached hydrogens (tertiary/aromatic N) is 2. The quantitative estimate of drug-likeness (QED) is 0.546. The van der Waals surface area contributed by atoms with Crippen molar-refractivity contribution in [3.05, 3.63) is 21.7 Å². The van der Waals surface area contributed by atoms with Crippen molar-refractivity contribution in [1.82, 2.24) is 9.97 Å². The molecule has 1 rings (SSSR count). The Morgan fingerprint density at radius 2 is 1.67 bits per heavy atom. The molecule has 0 saturated heterocycles. The van der Waals surface area contributed by atoms with Crippen molar-refractivity contribution in [2.45, 2.75) is 26.2 Å². The number of hydrogen-bond donors (Lipinski definition) is 0. The van der Waals surface area contributed by atoms with Gasteiger partial charge in [-0.05, 0) is 6.42 Å². The number of hydrogen-bond acceptors (Lipinski definition) is 4. The molecule has 1 aromatic heterocycles. The third-order valence-corrected chi connectivity index (χ3v) is 2.98. The highest BCUT2D eigenvalue weighted by Gasteiger charge is 2.10. The summed E-state index contributed by atoms with van der Waals surface area (Å²) in [6.07, 6.45) is 2.35. The molecule has 0 amide bonds. The monoisotopic (exact) mass is 292 g/mol. The molecule has 0 aliphatic heterocycles. The summed E-state index contributed by atoms with van der Waals surface area (Å²) in [5.74, 6) is 0.613. The summed E-state index contributed by atoms with van der Waals surface area (Å²) in [7, 11) is 1.64. The lowest BCUT2D eigenvalue weighted by atomic mass is 10.2. The van der Waals surface area contributed by atoms with Crippen molar-refractivity contribution in [2.75, 3.05) is 26.9 Å². The number of aromatic nitrogens is 2. The van der Waals surface area contributed by atoms with Crippen LogP contribution in [0.15, 0.2) is 0 Å². The average molecular weight is 293 g/mol. The highest BCUT2D eigenvalue weighted by Crippen LogP contribution is 2.22. The van der Waals surface area contributed by atoms with Crippen molar-refractivity contribution in [1.29, 1.82) is 0 Å². The molecule has 0 fully saturated rings. The van der Waals surface area contributed by atoms with Crippen LogP contribution in [0.2, 0.25) is 10.3 Å². The highest BCUT2D eigenvalue weighted by molar-refractivity contribution is 6.34. The van der Waals surface area contributed by atoms with E-state index in [1.165, 1.54) is 0 Å². The second kappa shape index (κ2) is 8.64. The van der Waals surface area contributed by atoms with Crippen LogP contribution in [0.5, 0.6) is 0 Å². The molecule has 0 aliphatic carbocycles. The zero-order valence-electron chi connectivity index (χ0n) is 10.7. The third kappa shape index (κ3) is 5.06. The summed E-state index contributed by atoms with van der Waals surface area (Å²) >= 11 is 12.2. The van der Waals surface area contributed by atoms with E-state index >= 15 is 0 Å². The van der Waals surface area contributed by atoms with Gasteiger partial charge >= 0.3 is 0 Å². The Hall–Kier alpha value is -0.420. The van der Waals surface area contributed by atoms with Gasteiger partial charge < -0.3 is 9.47 Å². The van der Waals surface area contributed by atoms with Gasteiger partial charge in [0.25, 0.3) is 0 Å². The highest BCUT2D eigenvalue weighted by atomic mass is 35.5. The number of methoxy groups -OCH3 is 1. The van der Waals surface area contributed by atoms with Crippen LogP contribution in [0.1, 0.15) is 24.7 Å². The molecule has 0 unspecified atom stereocenters. The molecule has 102 valence electrons. The molecular weight excluding hydrogens is 275 g/mol. The third-order valence-electron chi connectivity index (χ3n) is 2.35. The second-order valence-corrected chi connectivity index (χ2v) is 4.52. The molecule has 0 radical (unpaired) electrons. The van der Waals surface area contributed by atoms with Gasteiger partial charge in [0.15, 0.2) is 0 Å². The predicted molar refractivity (Wildman–Crippen MR) is 72.4 cm³/mol. The standard InChI is InChI=1S/C12H18Cl2N2O2/c1-3-4-9-11(13)15-10(16-12(9)14)5-6-18-8-7-17-2/h3-8H2,1-2H3. The summed E-state index contributed by atoms with van der Waals surface area (Å²) in [4.78, 5) is 8.46. The van der Waals surface area contributed by atoms with E-state index in [9.17, 15) is 0 Å².